The Morgan fingerprint density at radius 2 is 1.48 bits per heavy atom. The Morgan fingerprint density at radius 3 is 2.07 bits per heavy atom. The topological polar surface area (TPSA) is 49.4 Å². The molecule has 0 spiro atoms. The summed E-state index contributed by atoms with van der Waals surface area (Å²) in [6.45, 7) is 1.97. The molecule has 0 saturated carbocycles. The van der Waals surface area contributed by atoms with Crippen molar-refractivity contribution in [2.75, 3.05) is 19.6 Å². The first-order valence-corrected chi connectivity index (χ1v) is 9.04. The van der Waals surface area contributed by atoms with E-state index in [1.807, 2.05) is 4.90 Å². The lowest BCUT2D eigenvalue weighted by Crippen LogP contribution is -2.42. The van der Waals surface area contributed by atoms with Crippen molar-refractivity contribution in [3.63, 3.8) is 0 Å². The van der Waals surface area contributed by atoms with Crippen molar-refractivity contribution in [3.8, 4) is 0 Å². The van der Waals surface area contributed by atoms with Gasteiger partial charge in [0, 0.05) is 18.0 Å². The zero-order valence-electron chi connectivity index (χ0n) is 15.0. The number of nitrogens with one attached hydrogen (secondary N) is 1. The van der Waals surface area contributed by atoms with Gasteiger partial charge in [-0.3, -0.25) is 14.5 Å². The number of hydrogen-bond acceptors (Lipinski definition) is 3. The molecule has 1 saturated heterocycles. The second-order valence-corrected chi connectivity index (χ2v) is 6.82. The van der Waals surface area contributed by atoms with E-state index in [-0.39, 0.29) is 35.8 Å². The number of nitrogens with zero attached hydrogens (tertiary/aromatic N) is 1. The van der Waals surface area contributed by atoms with Crippen molar-refractivity contribution in [3.05, 3.63) is 71.3 Å². The van der Waals surface area contributed by atoms with E-state index in [1.165, 1.54) is 36.4 Å². The van der Waals surface area contributed by atoms with Crippen LogP contribution >= 0.6 is 0 Å². The molecule has 3 rings (SSSR count). The molecule has 1 amide bonds. The fourth-order valence-electron chi connectivity index (χ4n) is 3.27. The van der Waals surface area contributed by atoms with Crippen LogP contribution < -0.4 is 5.32 Å². The van der Waals surface area contributed by atoms with Crippen LogP contribution in [0.1, 0.15) is 28.8 Å². The Hall–Kier alpha value is -2.60. The SMILES string of the molecule is O=C(CN1CCC(C(=O)c2ccc(F)cc2)CC1)NCc1ccc(F)cc1. The van der Waals surface area contributed by atoms with Crippen LogP contribution in [0.3, 0.4) is 0 Å². The number of halogens is 2. The van der Waals surface area contributed by atoms with Crippen LogP contribution in [-0.2, 0) is 11.3 Å². The predicted molar refractivity (Wildman–Crippen MR) is 98.1 cm³/mol. The summed E-state index contributed by atoms with van der Waals surface area (Å²) in [6.07, 6.45) is 1.36. The Kier molecular flexibility index (Phi) is 6.29. The van der Waals surface area contributed by atoms with Crippen LogP contribution in [0.2, 0.25) is 0 Å². The minimum absolute atomic E-state index is 0.0374. The van der Waals surface area contributed by atoms with Gasteiger partial charge in [0.15, 0.2) is 5.78 Å². The fourth-order valence-corrected chi connectivity index (χ4v) is 3.27. The second-order valence-electron chi connectivity index (χ2n) is 6.82. The van der Waals surface area contributed by atoms with Gasteiger partial charge in [-0.2, -0.15) is 0 Å². The summed E-state index contributed by atoms with van der Waals surface area (Å²) >= 11 is 0. The average Bonchev–Trinajstić information content (AvgIpc) is 2.68. The molecule has 0 atom stereocenters. The smallest absolute Gasteiger partial charge is 0.234 e. The summed E-state index contributed by atoms with van der Waals surface area (Å²) < 4.78 is 25.9. The van der Waals surface area contributed by atoms with E-state index >= 15 is 0 Å². The number of rotatable bonds is 6. The van der Waals surface area contributed by atoms with Crippen molar-refractivity contribution in [2.45, 2.75) is 19.4 Å². The molecule has 0 bridgehead atoms. The number of benzene rings is 2. The number of amides is 1. The van der Waals surface area contributed by atoms with E-state index in [2.05, 4.69) is 5.32 Å². The first kappa shape index (κ1) is 19.2. The predicted octanol–water partition coefficient (Wildman–Crippen LogP) is 3.18. The number of Topliss-reactive ketones (excluding diaryl/α,β-unsaturated/α-hetero) is 1. The number of ketones is 1. The lowest BCUT2D eigenvalue weighted by Gasteiger charge is -2.30. The molecule has 1 N–H and O–H groups in total. The van der Waals surface area contributed by atoms with Crippen molar-refractivity contribution < 1.29 is 18.4 Å². The quantitative estimate of drug-likeness (QED) is 0.793. The van der Waals surface area contributed by atoms with Gasteiger partial charge in [0.1, 0.15) is 11.6 Å². The van der Waals surface area contributed by atoms with Gasteiger partial charge in [0.2, 0.25) is 5.91 Å². The van der Waals surface area contributed by atoms with Crippen molar-refractivity contribution in [1.29, 1.82) is 0 Å². The highest BCUT2D eigenvalue weighted by Gasteiger charge is 2.26. The third kappa shape index (κ3) is 5.44. The number of carbonyl (C=O) groups excluding carboxylic acids is 2. The zero-order valence-corrected chi connectivity index (χ0v) is 15.0. The Balaban J connectivity index is 1.42. The van der Waals surface area contributed by atoms with Gasteiger partial charge < -0.3 is 5.32 Å². The summed E-state index contributed by atoms with van der Waals surface area (Å²) in [5.41, 5.74) is 1.38. The molecule has 0 aliphatic carbocycles. The Morgan fingerprint density at radius 1 is 0.926 bits per heavy atom. The van der Waals surface area contributed by atoms with Crippen LogP contribution in [-0.4, -0.2) is 36.2 Å². The largest absolute Gasteiger partial charge is 0.351 e. The molecule has 0 unspecified atom stereocenters. The lowest BCUT2D eigenvalue weighted by molar-refractivity contribution is -0.122. The highest BCUT2D eigenvalue weighted by atomic mass is 19.1. The maximum Gasteiger partial charge on any atom is 0.234 e. The van der Waals surface area contributed by atoms with Crippen LogP contribution in [0.5, 0.6) is 0 Å². The molecule has 0 aromatic heterocycles. The normalized spacial score (nSPS) is 15.5. The van der Waals surface area contributed by atoms with Gasteiger partial charge in [0.25, 0.3) is 0 Å². The fraction of sp³-hybridized carbons (Fsp3) is 0.333. The molecule has 1 fully saturated rings. The van der Waals surface area contributed by atoms with Crippen molar-refractivity contribution in [1.82, 2.24) is 10.2 Å². The number of carbonyl (C=O) groups is 2. The monoisotopic (exact) mass is 372 g/mol. The third-order valence-electron chi connectivity index (χ3n) is 4.86. The molecular weight excluding hydrogens is 350 g/mol. The molecule has 142 valence electrons. The van der Waals surface area contributed by atoms with Gasteiger partial charge in [-0.25, -0.2) is 8.78 Å². The zero-order chi connectivity index (χ0) is 19.2. The van der Waals surface area contributed by atoms with E-state index in [0.717, 1.165) is 5.56 Å². The first-order chi connectivity index (χ1) is 13.0. The van der Waals surface area contributed by atoms with Gasteiger partial charge in [-0.1, -0.05) is 12.1 Å². The minimum atomic E-state index is -0.354. The first-order valence-electron chi connectivity index (χ1n) is 9.04. The van der Waals surface area contributed by atoms with Crippen LogP contribution in [0.4, 0.5) is 8.78 Å². The summed E-state index contributed by atoms with van der Waals surface area (Å²) in [4.78, 5) is 26.6. The molecule has 6 heteroatoms. The van der Waals surface area contributed by atoms with Gasteiger partial charge in [-0.15, -0.1) is 0 Å². The maximum absolute atomic E-state index is 13.0. The number of likely N-dealkylation sites (tertiary alicyclic amines) is 1. The standard InChI is InChI=1S/C21H22F2N2O2/c22-18-5-1-15(2-6-18)13-24-20(26)14-25-11-9-17(10-12-25)21(27)16-3-7-19(23)8-4-16/h1-8,17H,9-14H2,(H,24,26). The van der Waals surface area contributed by atoms with Crippen LogP contribution in [0, 0.1) is 17.6 Å². The second kappa shape index (κ2) is 8.86. The van der Waals surface area contributed by atoms with Crippen LogP contribution in [0.25, 0.3) is 0 Å². The molecule has 27 heavy (non-hydrogen) atoms. The minimum Gasteiger partial charge on any atom is -0.351 e. The van der Waals surface area contributed by atoms with Gasteiger partial charge in [0.05, 0.1) is 6.54 Å². The van der Waals surface area contributed by atoms with E-state index in [1.54, 1.807) is 12.1 Å². The van der Waals surface area contributed by atoms with E-state index in [4.69, 9.17) is 0 Å². The molecule has 1 heterocycles. The maximum atomic E-state index is 13.0. The summed E-state index contributed by atoms with van der Waals surface area (Å²) in [6, 6.07) is 11.7. The van der Waals surface area contributed by atoms with Crippen molar-refractivity contribution >= 4 is 11.7 Å². The number of hydrogen-bond donors (Lipinski definition) is 1. The van der Waals surface area contributed by atoms with E-state index < -0.39 is 0 Å². The molecular formula is C21H22F2N2O2. The Bertz CT molecular complexity index is 783. The molecule has 2 aromatic rings. The summed E-state index contributed by atoms with van der Waals surface area (Å²) in [5, 5.41) is 2.83. The molecule has 4 nitrogen and oxygen atoms in total. The lowest BCUT2D eigenvalue weighted by atomic mass is 9.89. The average molecular weight is 372 g/mol. The third-order valence-corrected chi connectivity index (χ3v) is 4.86. The molecule has 0 radical (unpaired) electrons. The van der Waals surface area contributed by atoms with E-state index in [0.29, 0.717) is 38.0 Å². The Labute approximate surface area is 157 Å². The number of piperidine rings is 1. The van der Waals surface area contributed by atoms with Gasteiger partial charge >= 0.3 is 0 Å². The highest BCUT2D eigenvalue weighted by molar-refractivity contribution is 5.97. The summed E-state index contributed by atoms with van der Waals surface area (Å²) in [7, 11) is 0. The highest BCUT2D eigenvalue weighted by Crippen LogP contribution is 2.21. The summed E-state index contributed by atoms with van der Waals surface area (Å²) in [5.74, 6) is -0.803. The molecule has 2 aromatic carbocycles. The van der Waals surface area contributed by atoms with Crippen molar-refractivity contribution in [2.24, 2.45) is 5.92 Å². The van der Waals surface area contributed by atoms with Gasteiger partial charge in [-0.05, 0) is 67.9 Å². The van der Waals surface area contributed by atoms with Crippen LogP contribution in [0.15, 0.2) is 48.5 Å². The molecule has 1 aliphatic rings. The van der Waals surface area contributed by atoms with E-state index in [9.17, 15) is 18.4 Å². The molecule has 1 aliphatic heterocycles.